The third-order valence-electron chi connectivity index (χ3n) is 4.09. The van der Waals surface area contributed by atoms with Crippen molar-refractivity contribution in [3.05, 3.63) is 29.8 Å². The Morgan fingerprint density at radius 1 is 1.24 bits per heavy atom. The highest BCUT2D eigenvalue weighted by Crippen LogP contribution is 2.38. The Morgan fingerprint density at radius 3 is 2.71 bits per heavy atom. The van der Waals surface area contributed by atoms with E-state index in [4.69, 9.17) is 4.74 Å². The van der Waals surface area contributed by atoms with Crippen LogP contribution < -0.4 is 5.32 Å². The molecule has 2 unspecified atom stereocenters. The summed E-state index contributed by atoms with van der Waals surface area (Å²) in [5.74, 6) is -1.17. The molecule has 1 aliphatic carbocycles. The van der Waals surface area contributed by atoms with Gasteiger partial charge < -0.3 is 10.1 Å². The first kappa shape index (κ1) is 16.1. The molecule has 0 amide bonds. The van der Waals surface area contributed by atoms with E-state index in [0.29, 0.717) is 13.0 Å². The molecule has 5 heteroatoms. The Hall–Kier alpha value is -1.23. The Labute approximate surface area is 123 Å². The number of ether oxygens (including phenoxy) is 1. The van der Waals surface area contributed by atoms with E-state index in [-0.39, 0.29) is 18.9 Å². The van der Waals surface area contributed by atoms with Crippen LogP contribution in [0.3, 0.4) is 0 Å². The van der Waals surface area contributed by atoms with E-state index in [0.717, 1.165) is 24.1 Å². The molecule has 2 rings (SSSR count). The molecule has 0 radical (unpaired) electrons. The number of para-hydroxylation sites is 1. The fourth-order valence-corrected chi connectivity index (χ4v) is 2.93. The topological polar surface area (TPSA) is 21.3 Å². The summed E-state index contributed by atoms with van der Waals surface area (Å²) >= 11 is 0. The van der Waals surface area contributed by atoms with Gasteiger partial charge in [0.25, 0.3) is 0 Å². The summed E-state index contributed by atoms with van der Waals surface area (Å²) in [5, 5.41) is 3.30. The number of benzene rings is 1. The summed E-state index contributed by atoms with van der Waals surface area (Å²) in [6.45, 7) is 0.606. The number of alkyl halides is 3. The highest BCUT2D eigenvalue weighted by molar-refractivity contribution is 5.52. The van der Waals surface area contributed by atoms with Crippen molar-refractivity contribution in [2.45, 2.75) is 44.3 Å². The second kappa shape index (κ2) is 7.16. The molecular weight excluding hydrogens is 279 g/mol. The van der Waals surface area contributed by atoms with Gasteiger partial charge in [-0.2, -0.15) is 13.2 Å². The molecule has 0 heterocycles. The van der Waals surface area contributed by atoms with Gasteiger partial charge >= 0.3 is 6.18 Å². The number of hydrogen-bond acceptors (Lipinski definition) is 2. The fourth-order valence-electron chi connectivity index (χ4n) is 2.93. The first-order chi connectivity index (χ1) is 10.0. The molecule has 0 saturated heterocycles. The standard InChI is InChI=1S/C16H22F3NO/c1-21-10-9-12-5-2-3-8-15(12)20-14-7-4-6-13(11-14)16(17,18)19/h2-3,5,8,13-14,20H,4,6-7,9-11H2,1H3. The maximum Gasteiger partial charge on any atom is 0.391 e. The maximum atomic E-state index is 12.9. The number of rotatable bonds is 5. The molecule has 0 bridgehead atoms. The lowest BCUT2D eigenvalue weighted by Crippen LogP contribution is -2.34. The maximum absolute atomic E-state index is 12.9. The third kappa shape index (κ3) is 4.63. The summed E-state index contributed by atoms with van der Waals surface area (Å²) in [7, 11) is 1.64. The Morgan fingerprint density at radius 2 is 2.00 bits per heavy atom. The molecule has 1 aromatic carbocycles. The second-order valence-electron chi connectivity index (χ2n) is 5.65. The van der Waals surface area contributed by atoms with Gasteiger partial charge in [-0.05, 0) is 37.3 Å². The van der Waals surface area contributed by atoms with Gasteiger partial charge in [0.2, 0.25) is 0 Å². The van der Waals surface area contributed by atoms with Crippen molar-refractivity contribution < 1.29 is 17.9 Å². The molecule has 1 aliphatic rings. The minimum absolute atomic E-state index is 0.103. The zero-order valence-corrected chi connectivity index (χ0v) is 12.2. The lowest BCUT2D eigenvalue weighted by Gasteiger charge is -2.32. The summed E-state index contributed by atoms with van der Waals surface area (Å²) < 4.78 is 43.6. The molecule has 21 heavy (non-hydrogen) atoms. The van der Waals surface area contributed by atoms with Crippen LogP contribution in [0.2, 0.25) is 0 Å². The molecule has 1 saturated carbocycles. The third-order valence-corrected chi connectivity index (χ3v) is 4.09. The van der Waals surface area contributed by atoms with Crippen LogP contribution in [0.5, 0.6) is 0 Å². The Kier molecular flexibility index (Phi) is 5.51. The van der Waals surface area contributed by atoms with Gasteiger partial charge in [-0.15, -0.1) is 0 Å². The van der Waals surface area contributed by atoms with Crippen LogP contribution in [0.1, 0.15) is 31.2 Å². The monoisotopic (exact) mass is 301 g/mol. The highest BCUT2D eigenvalue weighted by Gasteiger charge is 2.42. The quantitative estimate of drug-likeness (QED) is 0.870. The van der Waals surface area contributed by atoms with Gasteiger partial charge in [0.05, 0.1) is 12.5 Å². The van der Waals surface area contributed by atoms with Crippen molar-refractivity contribution in [2.75, 3.05) is 19.0 Å². The lowest BCUT2D eigenvalue weighted by molar-refractivity contribution is -0.182. The van der Waals surface area contributed by atoms with E-state index in [9.17, 15) is 13.2 Å². The van der Waals surface area contributed by atoms with Crippen LogP contribution in [-0.2, 0) is 11.2 Å². The zero-order valence-electron chi connectivity index (χ0n) is 12.2. The number of halogens is 3. The predicted molar refractivity (Wildman–Crippen MR) is 77.4 cm³/mol. The number of anilines is 1. The van der Waals surface area contributed by atoms with Crippen molar-refractivity contribution in [1.29, 1.82) is 0 Å². The summed E-state index contributed by atoms with van der Waals surface area (Å²) in [5.41, 5.74) is 2.02. The van der Waals surface area contributed by atoms with E-state index >= 15 is 0 Å². The Bertz CT molecular complexity index is 447. The Balaban J connectivity index is 2.01. The normalized spacial score (nSPS) is 23.0. The minimum atomic E-state index is -4.07. The average Bonchev–Trinajstić information content (AvgIpc) is 2.46. The first-order valence-electron chi connectivity index (χ1n) is 7.41. The molecule has 2 nitrogen and oxygen atoms in total. The largest absolute Gasteiger partial charge is 0.391 e. The fraction of sp³-hybridized carbons (Fsp3) is 0.625. The number of hydrogen-bond donors (Lipinski definition) is 1. The van der Waals surface area contributed by atoms with Gasteiger partial charge in [-0.3, -0.25) is 0 Å². The zero-order chi connectivity index (χ0) is 15.3. The smallest absolute Gasteiger partial charge is 0.384 e. The van der Waals surface area contributed by atoms with Crippen molar-refractivity contribution in [3.8, 4) is 0 Å². The van der Waals surface area contributed by atoms with Crippen LogP contribution in [0.15, 0.2) is 24.3 Å². The summed E-state index contributed by atoms with van der Waals surface area (Å²) in [4.78, 5) is 0. The van der Waals surface area contributed by atoms with E-state index in [1.165, 1.54) is 0 Å². The number of nitrogens with one attached hydrogen (secondary N) is 1. The first-order valence-corrected chi connectivity index (χ1v) is 7.41. The van der Waals surface area contributed by atoms with Crippen molar-refractivity contribution >= 4 is 5.69 Å². The molecule has 0 spiro atoms. The predicted octanol–water partition coefficient (Wildman–Crippen LogP) is 4.41. The van der Waals surface area contributed by atoms with Crippen molar-refractivity contribution in [1.82, 2.24) is 0 Å². The number of methoxy groups -OCH3 is 1. The van der Waals surface area contributed by atoms with Crippen LogP contribution in [0, 0.1) is 5.92 Å². The van der Waals surface area contributed by atoms with E-state index in [1.807, 2.05) is 24.3 Å². The van der Waals surface area contributed by atoms with E-state index in [2.05, 4.69) is 5.32 Å². The van der Waals surface area contributed by atoms with Gasteiger partial charge in [-0.25, -0.2) is 0 Å². The molecule has 118 valence electrons. The molecular formula is C16H22F3NO. The molecule has 2 atom stereocenters. The van der Waals surface area contributed by atoms with E-state index in [1.54, 1.807) is 7.11 Å². The second-order valence-corrected chi connectivity index (χ2v) is 5.65. The van der Waals surface area contributed by atoms with Crippen LogP contribution in [0.25, 0.3) is 0 Å². The summed E-state index contributed by atoms with van der Waals surface area (Å²) in [6, 6.07) is 7.67. The molecule has 1 N–H and O–H groups in total. The van der Waals surface area contributed by atoms with Gasteiger partial charge in [0.1, 0.15) is 0 Å². The lowest BCUT2D eigenvalue weighted by atomic mass is 9.85. The van der Waals surface area contributed by atoms with Crippen LogP contribution in [-0.4, -0.2) is 25.9 Å². The van der Waals surface area contributed by atoms with Crippen LogP contribution in [0.4, 0.5) is 18.9 Å². The van der Waals surface area contributed by atoms with Gasteiger partial charge in [-0.1, -0.05) is 24.6 Å². The average molecular weight is 301 g/mol. The van der Waals surface area contributed by atoms with Gasteiger partial charge in [0.15, 0.2) is 0 Å². The molecule has 1 aromatic rings. The van der Waals surface area contributed by atoms with Crippen LogP contribution >= 0.6 is 0 Å². The van der Waals surface area contributed by atoms with Crippen molar-refractivity contribution in [2.24, 2.45) is 5.92 Å². The molecule has 1 fully saturated rings. The highest BCUT2D eigenvalue weighted by atomic mass is 19.4. The van der Waals surface area contributed by atoms with E-state index < -0.39 is 12.1 Å². The molecule has 0 aromatic heterocycles. The SMILES string of the molecule is COCCc1ccccc1NC1CCCC(C(F)(F)F)C1. The minimum Gasteiger partial charge on any atom is -0.384 e. The summed E-state index contributed by atoms with van der Waals surface area (Å²) in [6.07, 6.45) is -1.46. The molecule has 0 aliphatic heterocycles. The van der Waals surface area contributed by atoms with Gasteiger partial charge in [0, 0.05) is 18.8 Å². The van der Waals surface area contributed by atoms with Crippen molar-refractivity contribution in [3.63, 3.8) is 0 Å².